The minimum Gasteiger partial charge on any atom is -0.325 e. The summed E-state index contributed by atoms with van der Waals surface area (Å²) in [5, 5.41) is 16.7. The van der Waals surface area contributed by atoms with Gasteiger partial charge in [0.05, 0.1) is 10.6 Å². The Hall–Kier alpha value is -3.43. The van der Waals surface area contributed by atoms with Crippen molar-refractivity contribution < 1.29 is 9.59 Å². The maximum Gasteiger partial charge on any atom is 0.255 e. The third-order valence-electron chi connectivity index (χ3n) is 4.37. The second kappa shape index (κ2) is 9.59. The van der Waals surface area contributed by atoms with Crippen LogP contribution in [0.2, 0.25) is 0 Å². The normalized spacial score (nSPS) is 10.6. The Labute approximate surface area is 187 Å². The van der Waals surface area contributed by atoms with Crippen molar-refractivity contribution in [3.05, 3.63) is 77.7 Å². The maximum atomic E-state index is 12.3. The highest BCUT2D eigenvalue weighted by Gasteiger charge is 2.13. The largest absolute Gasteiger partial charge is 0.325 e. The number of nitrogens with zero attached hydrogens (tertiary/aromatic N) is 3. The molecule has 0 bridgehead atoms. The fourth-order valence-corrected chi connectivity index (χ4v) is 4.27. The van der Waals surface area contributed by atoms with Crippen LogP contribution in [-0.2, 0) is 11.8 Å². The Kier molecular flexibility index (Phi) is 6.44. The third kappa shape index (κ3) is 5.19. The van der Waals surface area contributed by atoms with Gasteiger partial charge in [-0.25, -0.2) is 0 Å². The predicted octanol–water partition coefficient (Wildman–Crippen LogP) is 4.53. The number of carbonyl (C=O) groups is 2. The smallest absolute Gasteiger partial charge is 0.255 e. The van der Waals surface area contributed by atoms with E-state index in [4.69, 9.17) is 0 Å². The van der Waals surface area contributed by atoms with Crippen molar-refractivity contribution in [3.63, 3.8) is 0 Å². The van der Waals surface area contributed by atoms with Crippen molar-refractivity contribution in [3.8, 4) is 10.7 Å². The number of thiophene rings is 1. The Morgan fingerprint density at radius 2 is 1.65 bits per heavy atom. The van der Waals surface area contributed by atoms with Gasteiger partial charge in [0, 0.05) is 24.0 Å². The monoisotopic (exact) mass is 449 g/mol. The van der Waals surface area contributed by atoms with Crippen LogP contribution in [0.15, 0.2) is 77.3 Å². The Balaban J connectivity index is 1.30. The zero-order valence-electron chi connectivity index (χ0n) is 16.6. The van der Waals surface area contributed by atoms with Crippen molar-refractivity contribution >= 4 is 46.3 Å². The van der Waals surface area contributed by atoms with E-state index in [-0.39, 0.29) is 17.6 Å². The summed E-state index contributed by atoms with van der Waals surface area (Å²) >= 11 is 2.92. The van der Waals surface area contributed by atoms with Gasteiger partial charge in [0.2, 0.25) is 5.91 Å². The summed E-state index contributed by atoms with van der Waals surface area (Å²) in [5.41, 5.74) is 1.89. The summed E-state index contributed by atoms with van der Waals surface area (Å²) in [5.74, 6) is 0.667. The van der Waals surface area contributed by atoms with E-state index >= 15 is 0 Å². The number of nitrogens with one attached hydrogen (secondary N) is 2. The summed E-state index contributed by atoms with van der Waals surface area (Å²) < 4.78 is 1.88. The van der Waals surface area contributed by atoms with Gasteiger partial charge in [0.15, 0.2) is 11.0 Å². The molecule has 0 spiro atoms. The van der Waals surface area contributed by atoms with E-state index in [9.17, 15) is 9.59 Å². The molecule has 0 aliphatic carbocycles. The second-order valence-electron chi connectivity index (χ2n) is 6.58. The van der Waals surface area contributed by atoms with Crippen molar-refractivity contribution in [1.82, 2.24) is 14.8 Å². The Morgan fingerprint density at radius 1 is 0.935 bits per heavy atom. The van der Waals surface area contributed by atoms with Gasteiger partial charge in [-0.05, 0) is 47.8 Å². The number of rotatable bonds is 7. The SMILES string of the molecule is Cn1c(SCC(=O)Nc2ccc(NC(=O)c3ccccc3)cc2)nnc1-c1cccs1. The van der Waals surface area contributed by atoms with Gasteiger partial charge in [-0.15, -0.1) is 21.5 Å². The molecular formula is C22H19N5O2S2. The number of thioether (sulfide) groups is 1. The van der Waals surface area contributed by atoms with Crippen LogP contribution in [-0.4, -0.2) is 32.3 Å². The fraction of sp³-hybridized carbons (Fsp3) is 0.0909. The molecule has 31 heavy (non-hydrogen) atoms. The average Bonchev–Trinajstić information content (AvgIpc) is 3.44. The van der Waals surface area contributed by atoms with Crippen LogP contribution in [0.5, 0.6) is 0 Å². The Morgan fingerprint density at radius 3 is 2.32 bits per heavy atom. The maximum absolute atomic E-state index is 12.3. The first-order valence-electron chi connectivity index (χ1n) is 9.42. The number of carbonyl (C=O) groups excluding carboxylic acids is 2. The molecule has 0 unspecified atom stereocenters. The molecule has 4 aromatic rings. The van der Waals surface area contributed by atoms with E-state index < -0.39 is 0 Å². The molecule has 7 nitrogen and oxygen atoms in total. The van der Waals surface area contributed by atoms with Crippen LogP contribution >= 0.6 is 23.1 Å². The first kappa shape index (κ1) is 20.8. The molecule has 156 valence electrons. The molecule has 0 saturated heterocycles. The molecule has 4 rings (SSSR count). The molecule has 0 radical (unpaired) electrons. The molecule has 0 atom stereocenters. The highest BCUT2D eigenvalue weighted by Crippen LogP contribution is 2.26. The van der Waals surface area contributed by atoms with E-state index in [1.807, 2.05) is 47.3 Å². The van der Waals surface area contributed by atoms with Gasteiger partial charge in [-0.1, -0.05) is 36.0 Å². The van der Waals surface area contributed by atoms with Crippen molar-refractivity contribution in [2.24, 2.45) is 7.05 Å². The van der Waals surface area contributed by atoms with Crippen molar-refractivity contribution in [1.29, 1.82) is 0 Å². The lowest BCUT2D eigenvalue weighted by Crippen LogP contribution is -2.15. The van der Waals surface area contributed by atoms with Crippen LogP contribution in [0, 0.1) is 0 Å². The molecule has 0 saturated carbocycles. The molecule has 2 aromatic heterocycles. The van der Waals surface area contributed by atoms with E-state index in [1.54, 1.807) is 47.7 Å². The standard InChI is InChI=1S/C22H19N5O2S2/c1-27-20(18-8-5-13-30-18)25-26-22(27)31-14-19(28)23-16-9-11-17(12-10-16)24-21(29)15-6-3-2-4-7-15/h2-13H,14H2,1H3,(H,23,28)(H,24,29). The topological polar surface area (TPSA) is 88.9 Å². The average molecular weight is 450 g/mol. The minimum atomic E-state index is -0.181. The lowest BCUT2D eigenvalue weighted by Gasteiger charge is -2.08. The molecule has 2 amide bonds. The highest BCUT2D eigenvalue weighted by molar-refractivity contribution is 7.99. The van der Waals surface area contributed by atoms with E-state index in [0.29, 0.717) is 22.1 Å². The lowest BCUT2D eigenvalue weighted by molar-refractivity contribution is -0.113. The molecule has 2 N–H and O–H groups in total. The number of anilines is 2. The fourth-order valence-electron chi connectivity index (χ4n) is 2.82. The van der Waals surface area contributed by atoms with Crippen LogP contribution in [0.4, 0.5) is 11.4 Å². The third-order valence-corrected chi connectivity index (χ3v) is 6.26. The van der Waals surface area contributed by atoms with E-state index in [2.05, 4.69) is 20.8 Å². The number of aromatic nitrogens is 3. The predicted molar refractivity (Wildman–Crippen MR) is 125 cm³/mol. The van der Waals surface area contributed by atoms with Crippen molar-refractivity contribution in [2.45, 2.75) is 5.16 Å². The lowest BCUT2D eigenvalue weighted by atomic mass is 10.2. The van der Waals surface area contributed by atoms with Crippen LogP contribution < -0.4 is 10.6 Å². The zero-order chi connectivity index (χ0) is 21.6. The molecule has 0 aliphatic heterocycles. The van der Waals surface area contributed by atoms with Crippen molar-refractivity contribution in [2.75, 3.05) is 16.4 Å². The summed E-state index contributed by atoms with van der Waals surface area (Å²) in [4.78, 5) is 25.6. The number of hydrogen-bond donors (Lipinski definition) is 2. The van der Waals surface area contributed by atoms with Gasteiger partial charge >= 0.3 is 0 Å². The second-order valence-corrected chi connectivity index (χ2v) is 8.47. The van der Waals surface area contributed by atoms with Gasteiger partial charge in [-0.3, -0.25) is 9.59 Å². The number of hydrogen-bond acceptors (Lipinski definition) is 6. The van der Waals surface area contributed by atoms with E-state index in [1.165, 1.54) is 11.8 Å². The molecule has 2 aromatic carbocycles. The summed E-state index contributed by atoms with van der Waals surface area (Å²) in [6.07, 6.45) is 0. The van der Waals surface area contributed by atoms with Gasteiger partial charge in [-0.2, -0.15) is 0 Å². The summed E-state index contributed by atoms with van der Waals surface area (Å²) in [6, 6.07) is 19.9. The first-order valence-corrected chi connectivity index (χ1v) is 11.3. The van der Waals surface area contributed by atoms with Crippen LogP contribution in [0.1, 0.15) is 10.4 Å². The minimum absolute atomic E-state index is 0.147. The zero-order valence-corrected chi connectivity index (χ0v) is 18.2. The first-order chi connectivity index (χ1) is 15.1. The molecule has 0 fully saturated rings. The molecular weight excluding hydrogens is 430 g/mol. The van der Waals surface area contributed by atoms with Crippen LogP contribution in [0.25, 0.3) is 10.7 Å². The molecule has 2 heterocycles. The molecule has 0 aliphatic rings. The van der Waals surface area contributed by atoms with Gasteiger partial charge in [0.1, 0.15) is 0 Å². The summed E-state index contributed by atoms with van der Waals surface area (Å²) in [7, 11) is 1.89. The molecule has 9 heteroatoms. The number of amides is 2. The van der Waals surface area contributed by atoms with Gasteiger partial charge < -0.3 is 15.2 Å². The quantitative estimate of drug-likeness (QED) is 0.405. The van der Waals surface area contributed by atoms with E-state index in [0.717, 1.165) is 10.7 Å². The number of benzene rings is 2. The highest BCUT2D eigenvalue weighted by atomic mass is 32.2. The Bertz CT molecular complexity index is 1170. The summed E-state index contributed by atoms with van der Waals surface area (Å²) in [6.45, 7) is 0. The van der Waals surface area contributed by atoms with Crippen LogP contribution in [0.3, 0.4) is 0 Å². The van der Waals surface area contributed by atoms with Gasteiger partial charge in [0.25, 0.3) is 5.91 Å².